The number of guanidine groups is 1. The lowest BCUT2D eigenvalue weighted by Crippen LogP contribution is -2.45. The molecule has 1 aromatic carbocycles. The monoisotopic (exact) mass is 380 g/mol. The maximum atomic E-state index is 10.0. The number of aromatic hydroxyl groups is 1. The smallest absolute Gasteiger partial charge is 0.200 e. The third kappa shape index (κ3) is 7.17. The number of phenolic OH excluding ortho intramolecular Hbond substituents is 1. The van der Waals surface area contributed by atoms with Crippen molar-refractivity contribution in [3.8, 4) is 17.2 Å². The van der Waals surface area contributed by atoms with Crippen LogP contribution in [0.25, 0.3) is 0 Å². The highest BCUT2D eigenvalue weighted by Gasteiger charge is 2.13. The van der Waals surface area contributed by atoms with Crippen molar-refractivity contribution in [3.63, 3.8) is 0 Å². The molecule has 27 heavy (non-hydrogen) atoms. The lowest BCUT2D eigenvalue weighted by atomic mass is 10.2. The number of nitrogens with zero attached hydrogens (tertiary/aromatic N) is 2. The quantitative estimate of drug-likeness (QED) is 0.428. The second-order valence-electron chi connectivity index (χ2n) is 6.90. The Bertz CT molecular complexity index is 570. The molecule has 154 valence electrons. The molecule has 0 radical (unpaired) electrons. The van der Waals surface area contributed by atoms with Gasteiger partial charge in [0.1, 0.15) is 0 Å². The Morgan fingerprint density at radius 3 is 2.07 bits per heavy atom. The van der Waals surface area contributed by atoms with Gasteiger partial charge in [0, 0.05) is 31.7 Å². The Kier molecular flexibility index (Phi) is 9.78. The van der Waals surface area contributed by atoms with Crippen LogP contribution in [0, 0.1) is 0 Å². The number of benzene rings is 1. The second kappa shape index (κ2) is 11.5. The van der Waals surface area contributed by atoms with Gasteiger partial charge < -0.3 is 25.2 Å². The zero-order chi connectivity index (χ0) is 20.4. The summed E-state index contributed by atoms with van der Waals surface area (Å²) in [5.74, 6) is 1.51. The third-order valence-corrected chi connectivity index (χ3v) is 4.29. The Labute approximate surface area is 163 Å². The minimum absolute atomic E-state index is 0.000207. The maximum absolute atomic E-state index is 10.0. The van der Waals surface area contributed by atoms with Crippen LogP contribution in [0.4, 0.5) is 0 Å². The summed E-state index contributed by atoms with van der Waals surface area (Å²) in [6, 6.07) is 4.54. The van der Waals surface area contributed by atoms with Crippen molar-refractivity contribution in [2.45, 2.75) is 53.2 Å². The van der Waals surface area contributed by atoms with Crippen LogP contribution in [-0.2, 0) is 6.54 Å². The van der Waals surface area contributed by atoms with Crippen molar-refractivity contribution in [1.29, 1.82) is 0 Å². The molecule has 0 amide bonds. The summed E-state index contributed by atoms with van der Waals surface area (Å²) < 4.78 is 10.4. The van der Waals surface area contributed by atoms with Crippen molar-refractivity contribution >= 4 is 5.96 Å². The maximum Gasteiger partial charge on any atom is 0.200 e. The molecule has 0 unspecified atom stereocenters. The van der Waals surface area contributed by atoms with E-state index in [1.165, 1.54) is 14.2 Å². The number of hydrogen-bond acceptors (Lipinski definition) is 5. The number of aliphatic imine (C=N–C) groups is 1. The number of methoxy groups -OCH3 is 2. The van der Waals surface area contributed by atoms with Gasteiger partial charge in [0.05, 0.1) is 20.8 Å². The molecule has 0 fully saturated rings. The first-order valence-corrected chi connectivity index (χ1v) is 9.55. The van der Waals surface area contributed by atoms with Crippen molar-refractivity contribution in [3.05, 3.63) is 17.7 Å². The Morgan fingerprint density at radius 2 is 1.63 bits per heavy atom. The van der Waals surface area contributed by atoms with Gasteiger partial charge in [-0.05, 0) is 52.3 Å². The van der Waals surface area contributed by atoms with E-state index in [4.69, 9.17) is 9.47 Å². The minimum atomic E-state index is 0.000207. The summed E-state index contributed by atoms with van der Waals surface area (Å²) in [4.78, 5) is 7.07. The Hall–Kier alpha value is -2.15. The average Bonchev–Trinajstić information content (AvgIpc) is 2.63. The SMILES string of the molecule is CCNC(=NCc1cc(OC)c(O)c(OC)c1)NCCN(C(C)C)C(C)C. The van der Waals surface area contributed by atoms with Gasteiger partial charge in [-0.3, -0.25) is 4.90 Å². The van der Waals surface area contributed by atoms with E-state index in [0.29, 0.717) is 30.1 Å². The number of hydrogen-bond donors (Lipinski definition) is 3. The molecule has 0 aliphatic carbocycles. The predicted octanol–water partition coefficient (Wildman–Crippen LogP) is 2.58. The van der Waals surface area contributed by atoms with Crippen LogP contribution in [0.2, 0.25) is 0 Å². The van der Waals surface area contributed by atoms with Gasteiger partial charge in [0.25, 0.3) is 0 Å². The lowest BCUT2D eigenvalue weighted by molar-refractivity contribution is 0.178. The van der Waals surface area contributed by atoms with E-state index in [2.05, 4.69) is 48.2 Å². The highest BCUT2D eigenvalue weighted by atomic mass is 16.5. The molecule has 0 aromatic heterocycles. The molecule has 0 bridgehead atoms. The minimum Gasteiger partial charge on any atom is -0.502 e. The third-order valence-electron chi connectivity index (χ3n) is 4.29. The van der Waals surface area contributed by atoms with Crippen LogP contribution in [0.5, 0.6) is 17.2 Å². The van der Waals surface area contributed by atoms with Crippen LogP contribution in [-0.4, -0.2) is 61.9 Å². The van der Waals surface area contributed by atoms with Gasteiger partial charge in [-0.1, -0.05) is 0 Å². The highest BCUT2D eigenvalue weighted by molar-refractivity contribution is 5.79. The summed E-state index contributed by atoms with van der Waals surface area (Å²) in [7, 11) is 3.03. The molecule has 0 spiro atoms. The zero-order valence-corrected chi connectivity index (χ0v) is 17.8. The highest BCUT2D eigenvalue weighted by Crippen LogP contribution is 2.37. The standard InChI is InChI=1S/C20H36N4O3/c1-8-21-20(22-9-10-24(14(2)3)15(4)5)23-13-16-11-17(26-6)19(25)18(12-16)27-7/h11-12,14-15,25H,8-10,13H2,1-7H3,(H2,21,22,23). The van der Waals surface area contributed by atoms with Gasteiger partial charge in [0.15, 0.2) is 17.5 Å². The first-order valence-electron chi connectivity index (χ1n) is 9.55. The van der Waals surface area contributed by atoms with E-state index >= 15 is 0 Å². The fourth-order valence-electron chi connectivity index (χ4n) is 2.97. The predicted molar refractivity (Wildman–Crippen MR) is 111 cm³/mol. The second-order valence-corrected chi connectivity index (χ2v) is 6.90. The van der Waals surface area contributed by atoms with E-state index in [9.17, 15) is 5.11 Å². The largest absolute Gasteiger partial charge is 0.502 e. The van der Waals surface area contributed by atoms with Crippen molar-refractivity contribution in [2.24, 2.45) is 4.99 Å². The summed E-state index contributed by atoms with van der Waals surface area (Å²) in [6.45, 7) is 13.9. The van der Waals surface area contributed by atoms with Crippen LogP contribution in [0.15, 0.2) is 17.1 Å². The molecule has 3 N–H and O–H groups in total. The number of nitrogens with one attached hydrogen (secondary N) is 2. The topological polar surface area (TPSA) is 78.4 Å². The fourth-order valence-corrected chi connectivity index (χ4v) is 2.97. The summed E-state index contributed by atoms with van der Waals surface area (Å²) in [5, 5.41) is 16.7. The number of ether oxygens (including phenoxy) is 2. The molecule has 0 aliphatic heterocycles. The number of phenols is 1. The van der Waals surface area contributed by atoms with E-state index in [1.807, 2.05) is 6.92 Å². The van der Waals surface area contributed by atoms with E-state index < -0.39 is 0 Å². The number of rotatable bonds is 10. The molecule has 1 rings (SSSR count). The van der Waals surface area contributed by atoms with Crippen molar-refractivity contribution in [2.75, 3.05) is 33.9 Å². The van der Waals surface area contributed by atoms with E-state index in [1.54, 1.807) is 12.1 Å². The average molecular weight is 381 g/mol. The molecular formula is C20H36N4O3. The van der Waals surface area contributed by atoms with E-state index in [-0.39, 0.29) is 5.75 Å². The molecular weight excluding hydrogens is 344 g/mol. The molecule has 0 aliphatic rings. The summed E-state index contributed by atoms with van der Waals surface area (Å²) >= 11 is 0. The van der Waals surface area contributed by atoms with Gasteiger partial charge >= 0.3 is 0 Å². The Morgan fingerprint density at radius 1 is 1.07 bits per heavy atom. The lowest BCUT2D eigenvalue weighted by Gasteiger charge is -2.30. The molecule has 0 saturated carbocycles. The fraction of sp³-hybridized carbons (Fsp3) is 0.650. The Balaban J connectivity index is 2.79. The first kappa shape index (κ1) is 22.9. The molecule has 7 nitrogen and oxygen atoms in total. The zero-order valence-electron chi connectivity index (χ0n) is 17.8. The van der Waals surface area contributed by atoms with Crippen LogP contribution in [0.3, 0.4) is 0 Å². The normalized spacial score (nSPS) is 12.0. The molecule has 1 aromatic rings. The van der Waals surface area contributed by atoms with Gasteiger partial charge in [0.2, 0.25) is 5.75 Å². The molecule has 0 atom stereocenters. The van der Waals surface area contributed by atoms with Crippen molar-refractivity contribution < 1.29 is 14.6 Å². The van der Waals surface area contributed by atoms with Crippen molar-refractivity contribution in [1.82, 2.24) is 15.5 Å². The summed E-state index contributed by atoms with van der Waals surface area (Å²) in [6.07, 6.45) is 0. The molecule has 7 heteroatoms. The van der Waals surface area contributed by atoms with Crippen LogP contribution >= 0.6 is 0 Å². The van der Waals surface area contributed by atoms with E-state index in [0.717, 1.165) is 31.2 Å². The van der Waals surface area contributed by atoms with Crippen LogP contribution < -0.4 is 20.1 Å². The van der Waals surface area contributed by atoms with Gasteiger partial charge in [-0.2, -0.15) is 0 Å². The molecule has 0 heterocycles. The van der Waals surface area contributed by atoms with Gasteiger partial charge in [-0.25, -0.2) is 4.99 Å². The molecule has 0 saturated heterocycles. The van der Waals surface area contributed by atoms with Crippen LogP contribution in [0.1, 0.15) is 40.2 Å². The first-order chi connectivity index (χ1) is 12.8. The van der Waals surface area contributed by atoms with Gasteiger partial charge in [-0.15, -0.1) is 0 Å². The summed E-state index contributed by atoms with van der Waals surface area (Å²) in [5.41, 5.74) is 0.893.